The van der Waals surface area contributed by atoms with Crippen LogP contribution < -0.4 is 0 Å². The summed E-state index contributed by atoms with van der Waals surface area (Å²) < 4.78 is 0. The molecule has 1 aromatic heterocycles. The third-order valence-corrected chi connectivity index (χ3v) is 3.14. The summed E-state index contributed by atoms with van der Waals surface area (Å²) in [6.07, 6.45) is 9.33. The molecule has 1 N–H and O–H groups in total. The number of H-pyrrole nitrogens is 1. The summed E-state index contributed by atoms with van der Waals surface area (Å²) in [4.78, 5) is 3.35. The third kappa shape index (κ3) is 0.689. The summed E-state index contributed by atoms with van der Waals surface area (Å²) >= 11 is 0. The molecule has 1 heterocycles. The zero-order chi connectivity index (χ0) is 8.13. The molecule has 0 saturated heterocycles. The van der Waals surface area contributed by atoms with Gasteiger partial charge in [0, 0.05) is 13.3 Å². The van der Waals surface area contributed by atoms with Crippen LogP contribution in [0, 0.1) is 5.92 Å². The fourth-order valence-electron chi connectivity index (χ4n) is 2.34. The van der Waals surface area contributed by atoms with Crippen molar-refractivity contribution in [2.24, 2.45) is 5.92 Å². The minimum absolute atomic E-state index is 0. The van der Waals surface area contributed by atoms with Gasteiger partial charge in [-0.3, -0.25) is 0 Å². The van der Waals surface area contributed by atoms with Crippen molar-refractivity contribution < 1.29 is 1.43 Å². The molecule has 1 aromatic rings. The van der Waals surface area contributed by atoms with E-state index in [9.17, 15) is 0 Å². The number of hydrogen-bond donors (Lipinski definition) is 1. The number of nitrogens with one attached hydrogen (secondary N) is 1. The van der Waals surface area contributed by atoms with Gasteiger partial charge >= 0.3 is 0 Å². The summed E-state index contributed by atoms with van der Waals surface area (Å²) in [5, 5.41) is 0. The Bertz CT molecular complexity index is 351. The highest BCUT2D eigenvalue weighted by Crippen LogP contribution is 2.53. The Morgan fingerprint density at radius 2 is 2.58 bits per heavy atom. The van der Waals surface area contributed by atoms with Crippen LogP contribution in [0.4, 0.5) is 0 Å². The van der Waals surface area contributed by atoms with Crippen LogP contribution >= 0.6 is 0 Å². The smallest absolute Gasteiger partial charge is 0.0415 e. The second kappa shape index (κ2) is 2.03. The fourth-order valence-corrected chi connectivity index (χ4v) is 2.34. The summed E-state index contributed by atoms with van der Waals surface area (Å²) in [6, 6.07) is 0. The standard InChI is InChI=1S/C11H13N.H2/c1-2-7-6-12-10-4-3-8-5-9(8)11(7)10;/h3-4,6,8-9,12H,2,5H2,1H3;1H. The Morgan fingerprint density at radius 1 is 1.67 bits per heavy atom. The average Bonchev–Trinajstić information content (AvgIpc) is 2.78. The summed E-state index contributed by atoms with van der Waals surface area (Å²) in [7, 11) is 0. The highest BCUT2D eigenvalue weighted by atomic mass is 14.7. The lowest BCUT2D eigenvalue weighted by Gasteiger charge is -2.05. The van der Waals surface area contributed by atoms with Gasteiger partial charge in [-0.05, 0) is 41.9 Å². The van der Waals surface area contributed by atoms with Gasteiger partial charge in [-0.2, -0.15) is 0 Å². The van der Waals surface area contributed by atoms with Gasteiger partial charge in [0.15, 0.2) is 0 Å². The molecule has 2 atom stereocenters. The number of aromatic nitrogens is 1. The maximum Gasteiger partial charge on any atom is 0.0415 e. The first-order chi connectivity index (χ1) is 5.90. The maximum atomic E-state index is 3.35. The Kier molecular flexibility index (Phi) is 1.11. The second-order valence-electron chi connectivity index (χ2n) is 3.86. The number of aryl methyl sites for hydroxylation is 1. The van der Waals surface area contributed by atoms with Gasteiger partial charge in [-0.15, -0.1) is 0 Å². The van der Waals surface area contributed by atoms with E-state index in [1.807, 2.05) is 0 Å². The van der Waals surface area contributed by atoms with Crippen LogP contribution in [0.15, 0.2) is 12.3 Å². The van der Waals surface area contributed by atoms with Crippen molar-refractivity contribution in [3.8, 4) is 0 Å². The lowest BCUT2D eigenvalue weighted by atomic mass is 9.99. The molecule has 64 valence electrons. The van der Waals surface area contributed by atoms with Gasteiger partial charge in [-0.25, -0.2) is 0 Å². The van der Waals surface area contributed by atoms with Gasteiger partial charge in [0.1, 0.15) is 0 Å². The van der Waals surface area contributed by atoms with E-state index in [1.165, 1.54) is 24.1 Å². The van der Waals surface area contributed by atoms with Crippen molar-refractivity contribution in [1.82, 2.24) is 4.98 Å². The number of fused-ring (bicyclic) bond motifs is 3. The Labute approximate surface area is 74.0 Å². The van der Waals surface area contributed by atoms with Crippen molar-refractivity contribution in [3.05, 3.63) is 29.1 Å². The van der Waals surface area contributed by atoms with E-state index in [1.54, 1.807) is 5.56 Å². The summed E-state index contributed by atoms with van der Waals surface area (Å²) in [5.41, 5.74) is 4.51. The molecule has 1 saturated carbocycles. The minimum atomic E-state index is 0. The van der Waals surface area contributed by atoms with Gasteiger partial charge in [0.05, 0.1) is 0 Å². The zero-order valence-electron chi connectivity index (χ0n) is 7.30. The first-order valence-electron chi connectivity index (χ1n) is 4.78. The Hall–Kier alpha value is -0.980. The van der Waals surface area contributed by atoms with Crippen LogP contribution in [0.3, 0.4) is 0 Å². The molecule has 0 radical (unpaired) electrons. The highest BCUT2D eigenvalue weighted by molar-refractivity contribution is 5.60. The van der Waals surface area contributed by atoms with E-state index < -0.39 is 0 Å². The quantitative estimate of drug-likeness (QED) is 0.651. The molecular weight excluding hydrogens is 146 g/mol. The van der Waals surface area contributed by atoms with Crippen molar-refractivity contribution >= 4 is 6.08 Å². The van der Waals surface area contributed by atoms with E-state index in [-0.39, 0.29) is 1.43 Å². The van der Waals surface area contributed by atoms with E-state index in [2.05, 4.69) is 30.3 Å². The molecule has 2 unspecified atom stereocenters. The van der Waals surface area contributed by atoms with E-state index >= 15 is 0 Å². The molecule has 0 aliphatic heterocycles. The van der Waals surface area contributed by atoms with E-state index in [0.717, 1.165) is 11.8 Å². The van der Waals surface area contributed by atoms with Crippen LogP contribution in [0.1, 0.15) is 37.5 Å². The lowest BCUT2D eigenvalue weighted by molar-refractivity contribution is 0.967. The number of allylic oxidation sites excluding steroid dienone is 1. The molecule has 0 aromatic carbocycles. The molecular formula is C11H15N. The molecule has 12 heavy (non-hydrogen) atoms. The van der Waals surface area contributed by atoms with Gasteiger partial charge < -0.3 is 4.98 Å². The van der Waals surface area contributed by atoms with E-state index in [4.69, 9.17) is 0 Å². The second-order valence-corrected chi connectivity index (χ2v) is 3.86. The number of rotatable bonds is 1. The largest absolute Gasteiger partial charge is 0.361 e. The highest BCUT2D eigenvalue weighted by Gasteiger charge is 2.41. The first-order valence-corrected chi connectivity index (χ1v) is 4.78. The van der Waals surface area contributed by atoms with Gasteiger partial charge in [0.2, 0.25) is 0 Å². The van der Waals surface area contributed by atoms with Gasteiger partial charge in [-0.1, -0.05) is 13.0 Å². The van der Waals surface area contributed by atoms with Crippen molar-refractivity contribution in [2.45, 2.75) is 25.7 Å². The monoisotopic (exact) mass is 161 g/mol. The molecule has 0 spiro atoms. The first kappa shape index (κ1) is 6.53. The minimum Gasteiger partial charge on any atom is -0.361 e. The molecule has 2 aliphatic carbocycles. The average molecular weight is 161 g/mol. The fraction of sp³-hybridized carbons (Fsp3) is 0.455. The molecule has 2 aliphatic rings. The van der Waals surface area contributed by atoms with E-state index in [0.29, 0.717) is 0 Å². The summed E-state index contributed by atoms with van der Waals surface area (Å²) in [5.74, 6) is 1.74. The SMILES string of the molecule is CCc1c[nH]c2c1C1CC1C=C2.[HH]. The lowest BCUT2D eigenvalue weighted by Crippen LogP contribution is -1.92. The number of hydrogen-bond acceptors (Lipinski definition) is 0. The Balaban J connectivity index is 0.000000653. The molecule has 0 bridgehead atoms. The third-order valence-electron chi connectivity index (χ3n) is 3.14. The van der Waals surface area contributed by atoms with Crippen molar-refractivity contribution in [1.29, 1.82) is 0 Å². The molecule has 1 nitrogen and oxygen atoms in total. The maximum absolute atomic E-state index is 3.35. The van der Waals surface area contributed by atoms with Gasteiger partial charge in [0.25, 0.3) is 0 Å². The van der Waals surface area contributed by atoms with Crippen LogP contribution in [0.5, 0.6) is 0 Å². The van der Waals surface area contributed by atoms with Crippen LogP contribution in [-0.2, 0) is 6.42 Å². The predicted octanol–water partition coefficient (Wildman–Crippen LogP) is 2.95. The van der Waals surface area contributed by atoms with Crippen LogP contribution in [-0.4, -0.2) is 4.98 Å². The molecule has 1 heteroatoms. The normalized spacial score (nSPS) is 29.8. The van der Waals surface area contributed by atoms with Crippen LogP contribution in [0.25, 0.3) is 6.08 Å². The molecule has 0 amide bonds. The Morgan fingerprint density at radius 3 is 3.42 bits per heavy atom. The number of aromatic amines is 1. The molecule has 1 fully saturated rings. The molecule has 3 rings (SSSR count). The van der Waals surface area contributed by atoms with Crippen LogP contribution in [0.2, 0.25) is 0 Å². The van der Waals surface area contributed by atoms with Crippen molar-refractivity contribution in [3.63, 3.8) is 0 Å². The predicted molar refractivity (Wildman–Crippen MR) is 52.2 cm³/mol. The zero-order valence-corrected chi connectivity index (χ0v) is 7.30. The topological polar surface area (TPSA) is 15.8 Å². The van der Waals surface area contributed by atoms with Crippen molar-refractivity contribution in [2.75, 3.05) is 0 Å². The summed E-state index contributed by atoms with van der Waals surface area (Å²) in [6.45, 7) is 2.24.